The van der Waals surface area contributed by atoms with E-state index < -0.39 is 0 Å². The van der Waals surface area contributed by atoms with Crippen LogP contribution in [0.15, 0.2) is 50.8 Å². The summed E-state index contributed by atoms with van der Waals surface area (Å²) in [6.45, 7) is 4.46. The van der Waals surface area contributed by atoms with Crippen LogP contribution < -0.4 is 4.90 Å². The van der Waals surface area contributed by atoms with Crippen LogP contribution in [0.2, 0.25) is 0 Å². The second kappa shape index (κ2) is 8.91. The third kappa shape index (κ3) is 4.76. The number of anilines is 1. The normalized spacial score (nSPS) is 14.3. The van der Waals surface area contributed by atoms with Crippen molar-refractivity contribution in [3.8, 4) is 0 Å². The molecule has 29 heavy (non-hydrogen) atoms. The molecule has 4 rings (SSSR count). The molecule has 0 spiro atoms. The summed E-state index contributed by atoms with van der Waals surface area (Å²) in [5.74, 6) is 2.04. The highest BCUT2D eigenvalue weighted by molar-refractivity contribution is 9.10. The van der Waals surface area contributed by atoms with Crippen LogP contribution >= 0.6 is 27.7 Å². The van der Waals surface area contributed by atoms with Crippen LogP contribution in [0.5, 0.6) is 0 Å². The van der Waals surface area contributed by atoms with E-state index in [1.165, 1.54) is 11.8 Å². The molecule has 1 amide bonds. The van der Waals surface area contributed by atoms with E-state index in [4.69, 9.17) is 4.52 Å². The molecule has 8 nitrogen and oxygen atoms in total. The number of aromatic nitrogens is 4. The van der Waals surface area contributed by atoms with Gasteiger partial charge in [0.25, 0.3) is 5.91 Å². The van der Waals surface area contributed by atoms with Crippen LogP contribution in [-0.2, 0) is 5.75 Å². The lowest BCUT2D eigenvalue weighted by Crippen LogP contribution is -2.49. The van der Waals surface area contributed by atoms with Gasteiger partial charge in [0, 0.05) is 56.6 Å². The lowest BCUT2D eigenvalue weighted by atomic mass is 10.2. The van der Waals surface area contributed by atoms with E-state index in [0.29, 0.717) is 48.5 Å². The highest BCUT2D eigenvalue weighted by Gasteiger charge is 2.25. The maximum Gasteiger partial charge on any atom is 0.256 e. The molecule has 0 radical (unpaired) electrons. The summed E-state index contributed by atoms with van der Waals surface area (Å²) in [4.78, 5) is 30.1. The molecular weight excluding hydrogens is 456 g/mol. The first-order valence-corrected chi connectivity index (χ1v) is 10.9. The zero-order valence-electron chi connectivity index (χ0n) is 15.8. The maximum atomic E-state index is 13.1. The van der Waals surface area contributed by atoms with Gasteiger partial charge in [-0.2, -0.15) is 0 Å². The number of thioether (sulfide) groups is 1. The molecule has 150 valence electrons. The molecule has 0 aliphatic carbocycles. The average molecular weight is 475 g/mol. The molecule has 1 fully saturated rings. The molecule has 3 aromatic rings. The molecule has 0 atom stereocenters. The van der Waals surface area contributed by atoms with Crippen molar-refractivity contribution >= 4 is 39.5 Å². The van der Waals surface area contributed by atoms with Crippen LogP contribution in [0.25, 0.3) is 0 Å². The number of rotatable bonds is 5. The second-order valence-corrected chi connectivity index (χ2v) is 8.43. The Balaban J connectivity index is 1.40. The summed E-state index contributed by atoms with van der Waals surface area (Å²) in [7, 11) is 0. The predicted octanol–water partition coefficient (Wildman–Crippen LogP) is 3.19. The highest BCUT2D eigenvalue weighted by Crippen LogP contribution is 2.25. The predicted molar refractivity (Wildman–Crippen MR) is 113 cm³/mol. The van der Waals surface area contributed by atoms with E-state index in [-0.39, 0.29) is 5.91 Å². The average Bonchev–Trinajstić information content (AvgIpc) is 3.18. The number of aryl methyl sites for hydroxylation is 1. The van der Waals surface area contributed by atoms with E-state index >= 15 is 0 Å². The lowest BCUT2D eigenvalue weighted by molar-refractivity contribution is 0.0742. The first-order valence-electron chi connectivity index (χ1n) is 9.12. The fourth-order valence-electron chi connectivity index (χ4n) is 3.05. The molecule has 3 aromatic heterocycles. The topological polar surface area (TPSA) is 88.3 Å². The number of amides is 1. The van der Waals surface area contributed by atoms with Gasteiger partial charge in [-0.3, -0.25) is 4.79 Å². The molecule has 10 heteroatoms. The minimum absolute atomic E-state index is 0.00620. The Morgan fingerprint density at radius 3 is 2.66 bits per heavy atom. The largest absolute Gasteiger partial charge is 0.361 e. The van der Waals surface area contributed by atoms with E-state index in [9.17, 15) is 4.79 Å². The highest BCUT2D eigenvalue weighted by atomic mass is 79.9. The molecule has 0 aromatic carbocycles. The fourth-order valence-corrected chi connectivity index (χ4v) is 4.12. The lowest BCUT2D eigenvalue weighted by Gasteiger charge is -2.34. The first-order chi connectivity index (χ1) is 14.1. The van der Waals surface area contributed by atoms with E-state index in [1.54, 1.807) is 24.7 Å². The fraction of sp³-hybridized carbons (Fsp3) is 0.316. The van der Waals surface area contributed by atoms with Gasteiger partial charge in [-0.1, -0.05) is 16.9 Å². The zero-order valence-corrected chi connectivity index (χ0v) is 18.2. The molecule has 0 saturated carbocycles. The van der Waals surface area contributed by atoms with Crippen LogP contribution in [0.1, 0.15) is 21.8 Å². The van der Waals surface area contributed by atoms with Crippen molar-refractivity contribution in [3.05, 3.63) is 58.3 Å². The maximum absolute atomic E-state index is 13.1. The Hall–Kier alpha value is -2.46. The molecule has 0 bridgehead atoms. The van der Waals surface area contributed by atoms with Crippen molar-refractivity contribution in [3.63, 3.8) is 0 Å². The third-order valence-electron chi connectivity index (χ3n) is 4.49. The minimum atomic E-state index is -0.00620. The monoisotopic (exact) mass is 474 g/mol. The number of hydrogen-bond acceptors (Lipinski definition) is 8. The van der Waals surface area contributed by atoms with Gasteiger partial charge in [-0.25, -0.2) is 15.0 Å². The van der Waals surface area contributed by atoms with Crippen molar-refractivity contribution in [2.24, 2.45) is 0 Å². The van der Waals surface area contributed by atoms with Crippen LogP contribution in [0.4, 0.5) is 5.95 Å². The molecule has 4 heterocycles. The van der Waals surface area contributed by atoms with Gasteiger partial charge in [0.1, 0.15) is 10.8 Å². The number of pyridine rings is 1. The van der Waals surface area contributed by atoms with E-state index in [0.717, 1.165) is 15.9 Å². The zero-order chi connectivity index (χ0) is 20.2. The van der Waals surface area contributed by atoms with Gasteiger partial charge in [0.15, 0.2) is 0 Å². The smallest absolute Gasteiger partial charge is 0.256 e. The Bertz CT molecular complexity index is 988. The van der Waals surface area contributed by atoms with Gasteiger partial charge in [0.05, 0.1) is 15.7 Å². The molecule has 1 aliphatic heterocycles. The number of nitrogens with zero attached hydrogens (tertiary/aromatic N) is 6. The summed E-state index contributed by atoms with van der Waals surface area (Å²) in [5, 5.41) is 4.70. The van der Waals surface area contributed by atoms with Gasteiger partial charge < -0.3 is 14.3 Å². The Labute approximate surface area is 180 Å². The quantitative estimate of drug-likeness (QED) is 0.520. The van der Waals surface area contributed by atoms with Gasteiger partial charge >= 0.3 is 0 Å². The molecular formula is C19H19BrN6O2S. The van der Waals surface area contributed by atoms with Crippen LogP contribution in [0, 0.1) is 6.92 Å². The number of piperazine rings is 1. The van der Waals surface area contributed by atoms with E-state index in [1.807, 2.05) is 24.0 Å². The van der Waals surface area contributed by atoms with Crippen molar-refractivity contribution in [1.82, 2.24) is 25.0 Å². The molecule has 1 aliphatic rings. The number of carbonyl (C=O) groups is 1. The Morgan fingerprint density at radius 2 is 1.97 bits per heavy atom. The second-order valence-electron chi connectivity index (χ2n) is 6.55. The Kier molecular flexibility index (Phi) is 6.10. The first kappa shape index (κ1) is 19.8. The molecule has 1 saturated heterocycles. The van der Waals surface area contributed by atoms with Crippen molar-refractivity contribution in [1.29, 1.82) is 0 Å². The van der Waals surface area contributed by atoms with Gasteiger partial charge in [-0.15, -0.1) is 0 Å². The summed E-state index contributed by atoms with van der Waals surface area (Å²) in [6, 6.07) is 5.51. The third-order valence-corrected chi connectivity index (χ3v) is 5.94. The van der Waals surface area contributed by atoms with Crippen molar-refractivity contribution in [2.75, 3.05) is 31.1 Å². The SMILES string of the molecule is Cc1cc(CSc2ncccc2C(=O)N2CCN(c3ncc(Br)cn3)CC2)no1. The van der Waals surface area contributed by atoms with Gasteiger partial charge in [-0.05, 0) is 35.0 Å². The number of hydrogen-bond donors (Lipinski definition) is 0. The summed E-state index contributed by atoms with van der Waals surface area (Å²) in [5.41, 5.74) is 1.45. The van der Waals surface area contributed by atoms with Crippen LogP contribution in [0.3, 0.4) is 0 Å². The molecule has 0 unspecified atom stereocenters. The van der Waals surface area contributed by atoms with Crippen LogP contribution in [-0.4, -0.2) is 57.1 Å². The summed E-state index contributed by atoms with van der Waals surface area (Å²) in [6.07, 6.45) is 5.17. The number of halogens is 1. The summed E-state index contributed by atoms with van der Waals surface area (Å²) >= 11 is 4.83. The van der Waals surface area contributed by atoms with Crippen molar-refractivity contribution < 1.29 is 9.32 Å². The van der Waals surface area contributed by atoms with Gasteiger partial charge in [0.2, 0.25) is 5.95 Å². The standard InChI is InChI=1S/C19H19BrN6O2S/c1-13-9-15(24-28-13)12-29-17-16(3-2-4-21-17)18(27)25-5-7-26(8-6-25)19-22-10-14(20)11-23-19/h2-4,9-11H,5-8,12H2,1H3. The number of carbonyl (C=O) groups excluding carboxylic acids is 1. The van der Waals surface area contributed by atoms with Crippen molar-refractivity contribution in [2.45, 2.75) is 17.7 Å². The molecule has 0 N–H and O–H groups in total. The van der Waals surface area contributed by atoms with E-state index in [2.05, 4.69) is 40.9 Å². The summed E-state index contributed by atoms with van der Waals surface area (Å²) < 4.78 is 5.95. The Morgan fingerprint density at radius 1 is 1.21 bits per heavy atom. The minimum Gasteiger partial charge on any atom is -0.361 e.